The quantitative estimate of drug-likeness (QED) is 0.414. The van der Waals surface area contributed by atoms with Gasteiger partial charge < -0.3 is 15.3 Å². The summed E-state index contributed by atoms with van der Waals surface area (Å²) < 4.78 is 4.25. The number of H-pyrrole nitrogens is 1. The van der Waals surface area contributed by atoms with E-state index in [1.54, 1.807) is 37.1 Å². The van der Waals surface area contributed by atoms with Gasteiger partial charge in [0.1, 0.15) is 5.82 Å². The lowest BCUT2D eigenvalue weighted by atomic mass is 10.1. The molecule has 1 atom stereocenters. The first-order chi connectivity index (χ1) is 15.8. The number of nitrogens with one attached hydrogen (secondary N) is 1. The largest absolute Gasteiger partial charge is 0.357 e. The van der Waals surface area contributed by atoms with E-state index in [2.05, 4.69) is 15.0 Å². The minimum absolute atomic E-state index is 0.0781. The molecule has 1 aromatic carbocycles. The van der Waals surface area contributed by atoms with Crippen LogP contribution in [0.25, 0.3) is 22.1 Å². The van der Waals surface area contributed by atoms with Crippen LogP contribution in [-0.4, -0.2) is 28.7 Å². The molecule has 0 radical (unpaired) electrons. The average molecular weight is 464 g/mol. The SMILES string of the molecule is Cn1c(C(N)Cc2cccnc2)nc2c1c(=O)n(Cc1cc3c(Cl)cccc3[nH]1)c(=O)n2C. The van der Waals surface area contributed by atoms with E-state index in [0.717, 1.165) is 16.5 Å². The Morgan fingerprint density at radius 1 is 1.15 bits per heavy atom. The summed E-state index contributed by atoms with van der Waals surface area (Å²) in [5.74, 6) is 0.524. The van der Waals surface area contributed by atoms with Gasteiger partial charge in [-0.05, 0) is 36.2 Å². The molecule has 5 aromatic rings. The van der Waals surface area contributed by atoms with Crippen LogP contribution in [0.5, 0.6) is 0 Å². The topological polar surface area (TPSA) is 117 Å². The van der Waals surface area contributed by atoms with Crippen molar-refractivity contribution in [3.05, 3.63) is 91.7 Å². The molecule has 0 bridgehead atoms. The predicted octanol–water partition coefficient (Wildman–Crippen LogP) is 2.25. The minimum atomic E-state index is -0.467. The van der Waals surface area contributed by atoms with Gasteiger partial charge in [0.2, 0.25) is 0 Å². The second-order valence-electron chi connectivity index (χ2n) is 8.10. The van der Waals surface area contributed by atoms with Gasteiger partial charge in [-0.25, -0.2) is 9.78 Å². The molecule has 4 aromatic heterocycles. The lowest BCUT2D eigenvalue weighted by molar-refractivity contribution is 0.634. The Morgan fingerprint density at radius 2 is 1.97 bits per heavy atom. The van der Waals surface area contributed by atoms with Gasteiger partial charge in [0.25, 0.3) is 5.56 Å². The second kappa shape index (κ2) is 8.02. The molecule has 1 unspecified atom stereocenters. The van der Waals surface area contributed by atoms with E-state index in [1.165, 1.54) is 9.13 Å². The third-order valence-corrected chi connectivity index (χ3v) is 6.23. The Balaban J connectivity index is 1.59. The van der Waals surface area contributed by atoms with E-state index in [0.29, 0.717) is 34.1 Å². The van der Waals surface area contributed by atoms with E-state index in [-0.39, 0.29) is 6.54 Å². The molecule has 0 aliphatic heterocycles. The maximum absolute atomic E-state index is 13.4. The van der Waals surface area contributed by atoms with E-state index < -0.39 is 17.3 Å². The number of aromatic amines is 1. The molecule has 10 heteroatoms. The zero-order valence-corrected chi connectivity index (χ0v) is 18.9. The van der Waals surface area contributed by atoms with Gasteiger partial charge in [0.15, 0.2) is 11.2 Å². The standard InChI is InChI=1S/C23H22ClN7O2/c1-29-19-21(28-20(29)17(25)9-13-5-4-8-26-11-13)30(2)23(33)31(22(19)32)12-14-10-15-16(24)6-3-7-18(15)27-14/h3-8,10-11,17,27H,9,12,25H2,1-2H3. The van der Waals surface area contributed by atoms with Crippen molar-refractivity contribution in [3.63, 3.8) is 0 Å². The zero-order chi connectivity index (χ0) is 23.3. The Hall–Kier alpha value is -3.69. The van der Waals surface area contributed by atoms with Crippen molar-refractivity contribution in [2.24, 2.45) is 19.8 Å². The molecular formula is C23H22ClN7O2. The van der Waals surface area contributed by atoms with Gasteiger partial charge in [0, 0.05) is 48.1 Å². The fourth-order valence-corrected chi connectivity index (χ4v) is 4.46. The van der Waals surface area contributed by atoms with Crippen LogP contribution >= 0.6 is 11.6 Å². The van der Waals surface area contributed by atoms with Crippen LogP contribution in [0, 0.1) is 0 Å². The number of halogens is 1. The van der Waals surface area contributed by atoms with Crippen molar-refractivity contribution < 1.29 is 0 Å². The highest BCUT2D eigenvalue weighted by molar-refractivity contribution is 6.35. The van der Waals surface area contributed by atoms with E-state index in [9.17, 15) is 9.59 Å². The van der Waals surface area contributed by atoms with Crippen molar-refractivity contribution in [1.82, 2.24) is 28.7 Å². The van der Waals surface area contributed by atoms with Gasteiger partial charge in [0.05, 0.1) is 12.6 Å². The fraction of sp³-hybridized carbons (Fsp3) is 0.217. The Kier molecular flexibility index (Phi) is 5.15. The summed E-state index contributed by atoms with van der Waals surface area (Å²) in [6.45, 7) is 0.0781. The molecule has 3 N–H and O–H groups in total. The van der Waals surface area contributed by atoms with E-state index in [1.807, 2.05) is 30.3 Å². The van der Waals surface area contributed by atoms with Crippen molar-refractivity contribution in [2.75, 3.05) is 0 Å². The van der Waals surface area contributed by atoms with Gasteiger partial charge in [-0.15, -0.1) is 0 Å². The van der Waals surface area contributed by atoms with Crippen LogP contribution in [0.4, 0.5) is 0 Å². The van der Waals surface area contributed by atoms with Crippen molar-refractivity contribution in [1.29, 1.82) is 0 Å². The van der Waals surface area contributed by atoms with E-state index in [4.69, 9.17) is 17.3 Å². The molecule has 0 saturated carbocycles. The van der Waals surface area contributed by atoms with Crippen LogP contribution in [-0.2, 0) is 27.1 Å². The van der Waals surface area contributed by atoms with Crippen LogP contribution in [0.15, 0.2) is 58.4 Å². The molecule has 9 nitrogen and oxygen atoms in total. The summed E-state index contributed by atoms with van der Waals surface area (Å²) in [5, 5.41) is 1.44. The number of aryl methyl sites for hydroxylation is 2. The van der Waals surface area contributed by atoms with E-state index >= 15 is 0 Å². The second-order valence-corrected chi connectivity index (χ2v) is 8.51. The summed E-state index contributed by atoms with van der Waals surface area (Å²) in [5.41, 5.74) is 8.67. The maximum atomic E-state index is 13.4. The Bertz CT molecular complexity index is 1610. The summed E-state index contributed by atoms with van der Waals surface area (Å²) >= 11 is 6.27. The van der Waals surface area contributed by atoms with Gasteiger partial charge >= 0.3 is 5.69 Å². The number of nitrogens with two attached hydrogens (primary N) is 1. The summed E-state index contributed by atoms with van der Waals surface area (Å²) in [6, 6.07) is 10.7. The number of benzene rings is 1. The van der Waals surface area contributed by atoms with Crippen LogP contribution in [0.2, 0.25) is 5.02 Å². The first-order valence-corrected chi connectivity index (χ1v) is 10.8. The maximum Gasteiger partial charge on any atom is 0.332 e. The third-order valence-electron chi connectivity index (χ3n) is 5.90. The van der Waals surface area contributed by atoms with Crippen LogP contribution in [0.1, 0.15) is 23.1 Å². The molecule has 0 fully saturated rings. The highest BCUT2D eigenvalue weighted by Crippen LogP contribution is 2.24. The van der Waals surface area contributed by atoms with Crippen molar-refractivity contribution >= 4 is 33.7 Å². The first-order valence-electron chi connectivity index (χ1n) is 10.4. The summed E-state index contributed by atoms with van der Waals surface area (Å²) in [6.07, 6.45) is 3.95. The third kappa shape index (κ3) is 3.55. The number of rotatable bonds is 5. The molecule has 0 amide bonds. The molecule has 168 valence electrons. The number of aromatic nitrogens is 6. The van der Waals surface area contributed by atoms with Gasteiger partial charge in [-0.1, -0.05) is 23.7 Å². The predicted molar refractivity (Wildman–Crippen MR) is 127 cm³/mol. The molecule has 5 rings (SSSR count). The Labute approximate surface area is 193 Å². The average Bonchev–Trinajstić information content (AvgIpc) is 3.38. The normalized spacial score (nSPS) is 12.6. The Morgan fingerprint density at radius 3 is 2.70 bits per heavy atom. The fourth-order valence-electron chi connectivity index (χ4n) is 4.23. The van der Waals surface area contributed by atoms with Crippen LogP contribution < -0.4 is 17.0 Å². The number of hydrogen-bond donors (Lipinski definition) is 2. The molecular weight excluding hydrogens is 442 g/mol. The highest BCUT2D eigenvalue weighted by atomic mass is 35.5. The van der Waals surface area contributed by atoms with Crippen molar-refractivity contribution in [3.8, 4) is 0 Å². The number of hydrogen-bond acceptors (Lipinski definition) is 5. The highest BCUT2D eigenvalue weighted by Gasteiger charge is 2.22. The van der Waals surface area contributed by atoms with Gasteiger partial charge in [-0.3, -0.25) is 18.9 Å². The number of pyridine rings is 1. The molecule has 0 spiro atoms. The number of nitrogens with zero attached hydrogens (tertiary/aromatic N) is 5. The smallest absolute Gasteiger partial charge is 0.332 e. The molecule has 0 saturated heterocycles. The first kappa shape index (κ1) is 21.2. The molecule has 4 heterocycles. The number of fused-ring (bicyclic) bond motifs is 2. The minimum Gasteiger partial charge on any atom is -0.357 e. The number of imidazole rings is 1. The van der Waals surface area contributed by atoms with Gasteiger partial charge in [-0.2, -0.15) is 0 Å². The van der Waals surface area contributed by atoms with Crippen LogP contribution in [0.3, 0.4) is 0 Å². The molecule has 33 heavy (non-hydrogen) atoms. The lowest BCUT2D eigenvalue weighted by Gasteiger charge is -2.11. The summed E-state index contributed by atoms with van der Waals surface area (Å²) in [4.78, 5) is 38.4. The molecule has 0 aliphatic rings. The monoisotopic (exact) mass is 463 g/mol. The zero-order valence-electron chi connectivity index (χ0n) is 18.1. The summed E-state index contributed by atoms with van der Waals surface area (Å²) in [7, 11) is 3.35. The lowest BCUT2D eigenvalue weighted by Crippen LogP contribution is -2.39. The molecule has 0 aliphatic carbocycles. The van der Waals surface area contributed by atoms with Crippen molar-refractivity contribution in [2.45, 2.75) is 19.0 Å².